The maximum atomic E-state index is 5.83. The molecule has 1 heterocycles. The molecule has 0 spiro atoms. The van der Waals surface area contributed by atoms with E-state index >= 15 is 0 Å². The lowest BCUT2D eigenvalue weighted by atomic mass is 10.2. The molecule has 13 heavy (non-hydrogen) atoms. The third-order valence-corrected chi connectivity index (χ3v) is 2.25. The molecule has 3 N–H and O–H groups in total. The van der Waals surface area contributed by atoms with Gasteiger partial charge in [-0.05, 0) is 18.2 Å². The van der Waals surface area contributed by atoms with Crippen molar-refractivity contribution in [3.8, 4) is 5.75 Å². The molecule has 1 aromatic rings. The zero-order valence-electron chi connectivity index (χ0n) is 7.09. The Labute approximate surface area is 81.8 Å². The lowest BCUT2D eigenvalue weighted by molar-refractivity contribution is 0.214. The second-order valence-corrected chi connectivity index (χ2v) is 3.43. The highest BCUT2D eigenvalue weighted by Gasteiger charge is 2.17. The van der Waals surface area contributed by atoms with E-state index in [0.29, 0.717) is 11.6 Å². The maximum Gasteiger partial charge on any atom is 0.143 e. The average Bonchev–Trinajstić information content (AvgIpc) is 2.17. The van der Waals surface area contributed by atoms with Crippen molar-refractivity contribution in [2.24, 2.45) is 5.73 Å². The van der Waals surface area contributed by atoms with Crippen molar-refractivity contribution in [2.75, 3.05) is 18.4 Å². The predicted octanol–water partition coefficient (Wildman–Crippen LogP) is 1.47. The van der Waals surface area contributed by atoms with Gasteiger partial charge in [-0.25, -0.2) is 0 Å². The molecule has 1 aromatic carbocycles. The van der Waals surface area contributed by atoms with Crippen LogP contribution in [0.2, 0.25) is 5.02 Å². The number of anilines is 1. The Morgan fingerprint density at radius 1 is 1.62 bits per heavy atom. The summed E-state index contributed by atoms with van der Waals surface area (Å²) >= 11 is 5.83. The van der Waals surface area contributed by atoms with Crippen LogP contribution in [0.3, 0.4) is 0 Å². The van der Waals surface area contributed by atoms with E-state index in [-0.39, 0.29) is 6.10 Å². The first-order valence-electron chi connectivity index (χ1n) is 4.20. The minimum atomic E-state index is 0.0636. The average molecular weight is 199 g/mol. The smallest absolute Gasteiger partial charge is 0.143 e. The SMILES string of the molecule is NCC1CNc2cc(Cl)ccc2O1. The van der Waals surface area contributed by atoms with Gasteiger partial charge in [0, 0.05) is 11.6 Å². The number of benzene rings is 1. The fourth-order valence-corrected chi connectivity index (χ4v) is 1.49. The Kier molecular flexibility index (Phi) is 2.29. The van der Waals surface area contributed by atoms with Crippen LogP contribution in [-0.4, -0.2) is 19.2 Å². The van der Waals surface area contributed by atoms with Crippen LogP contribution in [0, 0.1) is 0 Å². The molecule has 1 atom stereocenters. The van der Waals surface area contributed by atoms with Crippen LogP contribution in [-0.2, 0) is 0 Å². The van der Waals surface area contributed by atoms with Crippen molar-refractivity contribution in [1.29, 1.82) is 0 Å². The monoisotopic (exact) mass is 198 g/mol. The number of fused-ring (bicyclic) bond motifs is 1. The number of nitrogens with two attached hydrogens (primary N) is 1. The van der Waals surface area contributed by atoms with E-state index in [4.69, 9.17) is 22.1 Å². The van der Waals surface area contributed by atoms with Crippen molar-refractivity contribution < 1.29 is 4.74 Å². The first kappa shape index (κ1) is 8.66. The van der Waals surface area contributed by atoms with Gasteiger partial charge in [-0.2, -0.15) is 0 Å². The Morgan fingerprint density at radius 2 is 2.46 bits per heavy atom. The highest BCUT2D eigenvalue weighted by molar-refractivity contribution is 6.30. The van der Waals surface area contributed by atoms with Gasteiger partial charge in [0.2, 0.25) is 0 Å². The first-order valence-corrected chi connectivity index (χ1v) is 4.57. The molecule has 0 aromatic heterocycles. The van der Waals surface area contributed by atoms with E-state index in [0.717, 1.165) is 18.0 Å². The lowest BCUT2D eigenvalue weighted by Gasteiger charge is -2.26. The molecular weight excluding hydrogens is 188 g/mol. The van der Waals surface area contributed by atoms with Crippen LogP contribution in [0.5, 0.6) is 5.75 Å². The minimum Gasteiger partial charge on any atom is -0.485 e. The summed E-state index contributed by atoms with van der Waals surface area (Å²) in [6.07, 6.45) is 0.0636. The Morgan fingerprint density at radius 3 is 3.23 bits per heavy atom. The van der Waals surface area contributed by atoms with E-state index in [1.54, 1.807) is 6.07 Å². The highest BCUT2D eigenvalue weighted by Crippen LogP contribution is 2.31. The van der Waals surface area contributed by atoms with Crippen molar-refractivity contribution >= 4 is 17.3 Å². The lowest BCUT2D eigenvalue weighted by Crippen LogP contribution is -2.36. The molecule has 1 unspecified atom stereocenters. The fraction of sp³-hybridized carbons (Fsp3) is 0.333. The Hall–Kier alpha value is -0.930. The second-order valence-electron chi connectivity index (χ2n) is 3.00. The van der Waals surface area contributed by atoms with E-state index in [2.05, 4.69) is 5.32 Å². The molecule has 0 saturated heterocycles. The third kappa shape index (κ3) is 1.71. The van der Waals surface area contributed by atoms with E-state index in [9.17, 15) is 0 Å². The molecule has 0 radical (unpaired) electrons. The van der Waals surface area contributed by atoms with Gasteiger partial charge in [-0.1, -0.05) is 11.6 Å². The molecule has 3 nitrogen and oxygen atoms in total. The summed E-state index contributed by atoms with van der Waals surface area (Å²) in [5.41, 5.74) is 6.44. The first-order chi connectivity index (χ1) is 6.29. The van der Waals surface area contributed by atoms with Crippen LogP contribution in [0.1, 0.15) is 0 Å². The zero-order chi connectivity index (χ0) is 9.26. The largest absolute Gasteiger partial charge is 0.485 e. The van der Waals surface area contributed by atoms with Gasteiger partial charge in [0.25, 0.3) is 0 Å². The molecule has 0 aliphatic carbocycles. The van der Waals surface area contributed by atoms with Crippen LogP contribution in [0.4, 0.5) is 5.69 Å². The summed E-state index contributed by atoms with van der Waals surface area (Å²) in [7, 11) is 0. The second kappa shape index (κ2) is 3.44. The molecule has 0 bridgehead atoms. The van der Waals surface area contributed by atoms with Gasteiger partial charge in [0.1, 0.15) is 11.9 Å². The standard InChI is InChI=1S/C9H11ClN2O/c10-6-1-2-9-8(3-6)12-5-7(4-11)13-9/h1-3,7,12H,4-5,11H2. The molecular formula is C9H11ClN2O. The predicted molar refractivity (Wildman–Crippen MR) is 53.4 cm³/mol. The Balaban J connectivity index is 2.26. The summed E-state index contributed by atoms with van der Waals surface area (Å²) in [6, 6.07) is 5.51. The normalized spacial score (nSPS) is 20.0. The Bertz CT molecular complexity index is 316. The zero-order valence-corrected chi connectivity index (χ0v) is 7.84. The van der Waals surface area contributed by atoms with Crippen LogP contribution >= 0.6 is 11.6 Å². The van der Waals surface area contributed by atoms with E-state index in [1.807, 2.05) is 12.1 Å². The summed E-state index contributed by atoms with van der Waals surface area (Å²) < 4.78 is 5.59. The number of hydrogen-bond donors (Lipinski definition) is 2. The third-order valence-electron chi connectivity index (χ3n) is 2.02. The molecule has 2 rings (SSSR count). The summed E-state index contributed by atoms with van der Waals surface area (Å²) in [5.74, 6) is 0.825. The quantitative estimate of drug-likeness (QED) is 0.719. The topological polar surface area (TPSA) is 47.3 Å². The van der Waals surface area contributed by atoms with Crippen molar-refractivity contribution in [3.63, 3.8) is 0 Å². The molecule has 1 aliphatic heterocycles. The fourth-order valence-electron chi connectivity index (χ4n) is 1.32. The number of rotatable bonds is 1. The van der Waals surface area contributed by atoms with Crippen LogP contribution < -0.4 is 15.8 Å². The van der Waals surface area contributed by atoms with Gasteiger partial charge in [-0.15, -0.1) is 0 Å². The molecule has 0 saturated carbocycles. The van der Waals surface area contributed by atoms with Crippen LogP contribution in [0.15, 0.2) is 18.2 Å². The van der Waals surface area contributed by atoms with E-state index < -0.39 is 0 Å². The highest BCUT2D eigenvalue weighted by atomic mass is 35.5. The molecule has 0 fully saturated rings. The van der Waals surface area contributed by atoms with Gasteiger partial charge in [0.05, 0.1) is 12.2 Å². The summed E-state index contributed by atoms with van der Waals surface area (Å²) in [5, 5.41) is 3.92. The van der Waals surface area contributed by atoms with Gasteiger partial charge in [0.15, 0.2) is 0 Å². The molecule has 0 amide bonds. The maximum absolute atomic E-state index is 5.83. The van der Waals surface area contributed by atoms with Gasteiger partial charge < -0.3 is 15.8 Å². The number of halogens is 1. The molecule has 1 aliphatic rings. The van der Waals surface area contributed by atoms with Crippen molar-refractivity contribution in [2.45, 2.75) is 6.10 Å². The van der Waals surface area contributed by atoms with E-state index in [1.165, 1.54) is 0 Å². The molecule has 70 valence electrons. The summed E-state index contributed by atoms with van der Waals surface area (Å²) in [4.78, 5) is 0. The number of ether oxygens (including phenoxy) is 1. The van der Waals surface area contributed by atoms with Crippen molar-refractivity contribution in [3.05, 3.63) is 23.2 Å². The van der Waals surface area contributed by atoms with Crippen LogP contribution in [0.25, 0.3) is 0 Å². The number of hydrogen-bond acceptors (Lipinski definition) is 3. The number of nitrogens with one attached hydrogen (secondary N) is 1. The van der Waals surface area contributed by atoms with Gasteiger partial charge in [-0.3, -0.25) is 0 Å². The van der Waals surface area contributed by atoms with Crippen molar-refractivity contribution in [1.82, 2.24) is 0 Å². The van der Waals surface area contributed by atoms with Gasteiger partial charge >= 0.3 is 0 Å². The minimum absolute atomic E-state index is 0.0636. The summed E-state index contributed by atoms with van der Waals surface area (Å²) in [6.45, 7) is 1.26. The molecule has 4 heteroatoms.